The van der Waals surface area contributed by atoms with Crippen molar-refractivity contribution in [1.29, 1.82) is 0 Å². The third-order valence-electron chi connectivity index (χ3n) is 6.41. The van der Waals surface area contributed by atoms with Crippen LogP contribution in [-0.2, 0) is 25.2 Å². The van der Waals surface area contributed by atoms with Crippen molar-refractivity contribution in [3.05, 3.63) is 64.1 Å². The Bertz CT molecular complexity index is 1090. The Morgan fingerprint density at radius 1 is 1.00 bits per heavy atom. The molecule has 1 fully saturated rings. The molecule has 0 radical (unpaired) electrons. The Kier molecular flexibility index (Phi) is 5.71. The molecule has 1 saturated heterocycles. The molecule has 2 heterocycles. The van der Waals surface area contributed by atoms with Gasteiger partial charge in [-0.05, 0) is 50.5 Å². The zero-order valence-corrected chi connectivity index (χ0v) is 18.1. The fourth-order valence-corrected chi connectivity index (χ4v) is 4.71. The number of benzene rings is 2. The molecule has 0 saturated carbocycles. The highest BCUT2D eigenvalue weighted by molar-refractivity contribution is 5.77. The van der Waals surface area contributed by atoms with E-state index >= 15 is 0 Å². The Labute approximate surface area is 177 Å². The van der Waals surface area contributed by atoms with E-state index in [2.05, 4.69) is 23.1 Å². The lowest BCUT2D eigenvalue weighted by Gasteiger charge is -2.39. The molecule has 0 spiro atoms. The monoisotopic (exact) mass is 409 g/mol. The lowest BCUT2D eigenvalue weighted by atomic mass is 9.84. The van der Waals surface area contributed by atoms with Crippen molar-refractivity contribution in [2.45, 2.75) is 51.9 Å². The molecule has 4 rings (SSSR count). The van der Waals surface area contributed by atoms with Crippen LogP contribution in [0, 0.1) is 0 Å². The van der Waals surface area contributed by atoms with Crippen LogP contribution in [0.25, 0.3) is 11.0 Å². The summed E-state index contributed by atoms with van der Waals surface area (Å²) in [5.74, 6) is 0.747. The van der Waals surface area contributed by atoms with Crippen LogP contribution in [0.3, 0.4) is 0 Å². The van der Waals surface area contributed by atoms with Crippen molar-refractivity contribution >= 4 is 11.0 Å². The summed E-state index contributed by atoms with van der Waals surface area (Å²) in [6, 6.07) is 14.1. The number of likely N-dealkylation sites (tertiary alicyclic amines) is 1. The van der Waals surface area contributed by atoms with Crippen LogP contribution >= 0.6 is 0 Å². The van der Waals surface area contributed by atoms with E-state index in [1.165, 1.54) is 5.56 Å². The summed E-state index contributed by atoms with van der Waals surface area (Å²) in [6.07, 6.45) is 1.34. The van der Waals surface area contributed by atoms with Gasteiger partial charge < -0.3 is 9.84 Å². The molecule has 30 heavy (non-hydrogen) atoms. The summed E-state index contributed by atoms with van der Waals surface area (Å²) in [6.45, 7) is 7.79. The van der Waals surface area contributed by atoms with Gasteiger partial charge in [0, 0.05) is 38.3 Å². The highest BCUT2D eigenvalue weighted by Crippen LogP contribution is 2.38. The Morgan fingerprint density at radius 3 is 2.33 bits per heavy atom. The minimum Gasteiger partial charge on any atom is -0.496 e. The molecule has 3 aromatic rings. The van der Waals surface area contributed by atoms with Gasteiger partial charge in [-0.1, -0.05) is 24.3 Å². The van der Waals surface area contributed by atoms with Gasteiger partial charge in [0.15, 0.2) is 0 Å². The molecule has 1 aromatic heterocycles. The lowest BCUT2D eigenvalue weighted by Crippen LogP contribution is -2.42. The lowest BCUT2D eigenvalue weighted by molar-refractivity contribution is -0.0292. The van der Waals surface area contributed by atoms with Crippen LogP contribution in [0.2, 0.25) is 0 Å². The average Bonchev–Trinajstić information content (AvgIpc) is 3.05. The molecule has 0 unspecified atom stereocenters. The van der Waals surface area contributed by atoms with Crippen LogP contribution in [0.4, 0.5) is 0 Å². The number of hydrogen-bond acceptors (Lipinski definition) is 4. The van der Waals surface area contributed by atoms with Gasteiger partial charge in [-0.2, -0.15) is 0 Å². The van der Waals surface area contributed by atoms with Crippen LogP contribution in [0.5, 0.6) is 5.75 Å². The highest BCUT2D eigenvalue weighted by atomic mass is 16.5. The van der Waals surface area contributed by atoms with Crippen LogP contribution in [-0.4, -0.2) is 39.3 Å². The van der Waals surface area contributed by atoms with Gasteiger partial charge in [-0.15, -0.1) is 0 Å². The fourth-order valence-electron chi connectivity index (χ4n) is 4.71. The highest BCUT2D eigenvalue weighted by Gasteiger charge is 2.36. The summed E-state index contributed by atoms with van der Waals surface area (Å²) in [5, 5.41) is 11.3. The number of methoxy groups -OCH3 is 1. The van der Waals surface area contributed by atoms with Crippen molar-refractivity contribution in [2.24, 2.45) is 0 Å². The average molecular weight is 410 g/mol. The van der Waals surface area contributed by atoms with Crippen LogP contribution < -0.4 is 10.4 Å². The molecule has 0 amide bonds. The summed E-state index contributed by atoms with van der Waals surface area (Å²) >= 11 is 0. The number of aliphatic hydroxyl groups is 1. The Morgan fingerprint density at radius 2 is 1.67 bits per heavy atom. The van der Waals surface area contributed by atoms with Gasteiger partial charge >= 0.3 is 5.69 Å². The predicted molar refractivity (Wildman–Crippen MR) is 119 cm³/mol. The van der Waals surface area contributed by atoms with E-state index in [9.17, 15) is 9.90 Å². The van der Waals surface area contributed by atoms with Gasteiger partial charge in [-0.25, -0.2) is 4.79 Å². The molecule has 2 aromatic carbocycles. The number of para-hydroxylation sites is 1. The maximum atomic E-state index is 12.6. The number of imidazole rings is 1. The second kappa shape index (κ2) is 8.28. The van der Waals surface area contributed by atoms with E-state index in [4.69, 9.17) is 4.74 Å². The van der Waals surface area contributed by atoms with Crippen molar-refractivity contribution < 1.29 is 9.84 Å². The summed E-state index contributed by atoms with van der Waals surface area (Å²) < 4.78 is 9.14. The largest absolute Gasteiger partial charge is 0.496 e. The van der Waals surface area contributed by atoms with E-state index in [1.807, 2.05) is 47.2 Å². The van der Waals surface area contributed by atoms with Crippen molar-refractivity contribution in [3.63, 3.8) is 0 Å². The second-order valence-electron chi connectivity index (χ2n) is 8.10. The number of fused-ring (bicyclic) bond motifs is 1. The van der Waals surface area contributed by atoms with Crippen molar-refractivity contribution in [3.8, 4) is 5.75 Å². The van der Waals surface area contributed by atoms with E-state index in [0.29, 0.717) is 25.9 Å². The first-order valence-corrected chi connectivity index (χ1v) is 10.8. The van der Waals surface area contributed by atoms with Gasteiger partial charge in [0.05, 0.1) is 23.7 Å². The molecule has 6 heteroatoms. The first-order valence-electron chi connectivity index (χ1n) is 10.8. The number of aromatic nitrogens is 2. The minimum atomic E-state index is -0.853. The molecule has 160 valence electrons. The fraction of sp³-hybridized carbons (Fsp3) is 0.458. The Hall–Kier alpha value is -2.57. The summed E-state index contributed by atoms with van der Waals surface area (Å²) in [7, 11) is 1.65. The quantitative estimate of drug-likeness (QED) is 0.678. The zero-order chi connectivity index (χ0) is 21.3. The standard InChI is InChI=1S/C24H31N3O3/c1-4-26-20-11-10-18(16-21(20)27(5-2)23(26)28)17-25-14-12-24(29,13-15-25)19-8-6-7-9-22(19)30-3/h6-11,16,29H,4-5,12-15,17H2,1-3H3. The van der Waals surface area contributed by atoms with Gasteiger partial charge in [0.25, 0.3) is 0 Å². The normalized spacial score (nSPS) is 16.8. The molecule has 0 bridgehead atoms. The number of nitrogens with zero attached hydrogens (tertiary/aromatic N) is 3. The van der Waals surface area contributed by atoms with Gasteiger partial charge in [-0.3, -0.25) is 14.0 Å². The van der Waals surface area contributed by atoms with E-state index in [-0.39, 0.29) is 5.69 Å². The third-order valence-corrected chi connectivity index (χ3v) is 6.41. The van der Waals surface area contributed by atoms with Crippen molar-refractivity contribution in [1.82, 2.24) is 14.0 Å². The topological polar surface area (TPSA) is 59.6 Å². The van der Waals surface area contributed by atoms with E-state index in [0.717, 1.165) is 42.0 Å². The Balaban J connectivity index is 1.51. The molecule has 1 N–H and O–H groups in total. The number of rotatable bonds is 6. The molecular weight excluding hydrogens is 378 g/mol. The molecular formula is C24H31N3O3. The third kappa shape index (κ3) is 3.55. The number of aryl methyl sites for hydroxylation is 2. The smallest absolute Gasteiger partial charge is 0.329 e. The summed E-state index contributed by atoms with van der Waals surface area (Å²) in [4.78, 5) is 15.0. The number of piperidine rings is 1. The van der Waals surface area contributed by atoms with Gasteiger partial charge in [0.1, 0.15) is 5.75 Å². The first-order chi connectivity index (χ1) is 14.5. The zero-order valence-electron chi connectivity index (χ0n) is 18.1. The molecule has 0 aliphatic carbocycles. The molecule has 0 atom stereocenters. The maximum Gasteiger partial charge on any atom is 0.329 e. The molecule has 1 aliphatic heterocycles. The van der Waals surface area contributed by atoms with E-state index in [1.54, 1.807) is 7.11 Å². The second-order valence-corrected chi connectivity index (χ2v) is 8.10. The first kappa shape index (κ1) is 20.7. The number of ether oxygens (including phenoxy) is 1. The molecule has 1 aliphatic rings. The summed E-state index contributed by atoms with van der Waals surface area (Å²) in [5.41, 5.74) is 3.28. The SMILES string of the molecule is CCn1c(=O)n(CC)c2cc(CN3CCC(O)(c4ccccc4OC)CC3)ccc21. The van der Waals surface area contributed by atoms with Crippen molar-refractivity contribution in [2.75, 3.05) is 20.2 Å². The van der Waals surface area contributed by atoms with E-state index < -0.39 is 5.60 Å². The van der Waals surface area contributed by atoms with Crippen LogP contribution in [0.1, 0.15) is 37.8 Å². The molecule has 6 nitrogen and oxygen atoms in total. The van der Waals surface area contributed by atoms with Crippen LogP contribution in [0.15, 0.2) is 47.3 Å². The van der Waals surface area contributed by atoms with Gasteiger partial charge in [0.2, 0.25) is 0 Å². The predicted octanol–water partition coefficient (Wildman–Crippen LogP) is 3.34. The number of hydrogen-bond donors (Lipinski definition) is 1. The maximum absolute atomic E-state index is 12.6. The minimum absolute atomic E-state index is 0.0620.